The smallest absolute Gasteiger partial charge is 0.204 e. The fourth-order valence-electron chi connectivity index (χ4n) is 4.28. The predicted molar refractivity (Wildman–Crippen MR) is 144 cm³/mol. The third kappa shape index (κ3) is 4.40. The lowest BCUT2D eigenvalue weighted by molar-refractivity contribution is 0.414. The van der Waals surface area contributed by atoms with Crippen LogP contribution >= 0.6 is 0 Å². The highest BCUT2D eigenvalue weighted by atomic mass is 32.3. The molecular formula is C29H22O7S2. The standard InChI is InChI=1S/C29H22O7S2/c1-35-21-17-18-24-25(19-21)36-28(20-11-5-2-6-12-20)26(27(24)30)29(37(31,32)22-13-7-3-8-14-22)38(33,34)23-15-9-4-10-16-23/h2-19,29H,1H3. The van der Waals surface area contributed by atoms with E-state index in [1.807, 2.05) is 0 Å². The van der Waals surface area contributed by atoms with Crippen molar-refractivity contribution in [2.45, 2.75) is 14.4 Å². The Morgan fingerprint density at radius 1 is 0.684 bits per heavy atom. The van der Waals surface area contributed by atoms with E-state index < -0.39 is 35.2 Å². The van der Waals surface area contributed by atoms with Gasteiger partial charge >= 0.3 is 0 Å². The summed E-state index contributed by atoms with van der Waals surface area (Å²) in [6.45, 7) is 0. The van der Waals surface area contributed by atoms with E-state index >= 15 is 0 Å². The summed E-state index contributed by atoms with van der Waals surface area (Å²) in [5.74, 6) is 0.262. The van der Waals surface area contributed by atoms with E-state index in [2.05, 4.69) is 0 Å². The number of benzene rings is 4. The first kappa shape index (κ1) is 25.4. The van der Waals surface area contributed by atoms with Crippen molar-refractivity contribution in [3.8, 4) is 17.1 Å². The first-order valence-electron chi connectivity index (χ1n) is 11.5. The molecule has 0 spiro atoms. The lowest BCUT2D eigenvalue weighted by atomic mass is 10.1. The molecule has 0 bridgehead atoms. The minimum absolute atomic E-state index is 0.0250. The van der Waals surface area contributed by atoms with Gasteiger partial charge in [0.15, 0.2) is 5.43 Å². The number of fused-ring (bicyclic) bond motifs is 1. The molecule has 0 aliphatic heterocycles. The summed E-state index contributed by atoms with van der Waals surface area (Å²) in [5, 5.41) is 0.0250. The van der Waals surface area contributed by atoms with Crippen molar-refractivity contribution in [1.82, 2.24) is 0 Å². The summed E-state index contributed by atoms with van der Waals surface area (Å²) >= 11 is 0. The quantitative estimate of drug-likeness (QED) is 0.268. The van der Waals surface area contributed by atoms with Gasteiger partial charge in [0.2, 0.25) is 24.3 Å². The molecule has 0 unspecified atom stereocenters. The Morgan fingerprint density at radius 2 is 1.18 bits per heavy atom. The van der Waals surface area contributed by atoms with Crippen LogP contribution < -0.4 is 10.2 Å². The van der Waals surface area contributed by atoms with Crippen LogP contribution in [0.25, 0.3) is 22.3 Å². The van der Waals surface area contributed by atoms with Crippen LogP contribution in [0.1, 0.15) is 10.1 Å². The molecule has 1 heterocycles. The van der Waals surface area contributed by atoms with Crippen LogP contribution in [0.5, 0.6) is 5.75 Å². The summed E-state index contributed by atoms with van der Waals surface area (Å²) in [5.41, 5.74) is -0.774. The second kappa shape index (κ2) is 9.92. The first-order chi connectivity index (χ1) is 18.2. The molecule has 0 aliphatic carbocycles. The van der Waals surface area contributed by atoms with E-state index in [1.165, 1.54) is 73.8 Å². The Hall–Kier alpha value is -4.21. The number of sulfone groups is 2. The van der Waals surface area contributed by atoms with Crippen LogP contribution in [-0.4, -0.2) is 23.9 Å². The molecule has 5 rings (SSSR count). The van der Waals surface area contributed by atoms with Crippen LogP contribution in [0.4, 0.5) is 0 Å². The first-order valence-corrected chi connectivity index (χ1v) is 14.6. The zero-order valence-corrected chi connectivity index (χ0v) is 21.8. The van der Waals surface area contributed by atoms with E-state index in [1.54, 1.807) is 42.5 Å². The van der Waals surface area contributed by atoms with Crippen molar-refractivity contribution in [3.05, 3.63) is 125 Å². The van der Waals surface area contributed by atoms with Crippen molar-refractivity contribution in [2.24, 2.45) is 0 Å². The molecule has 0 saturated heterocycles. The van der Waals surface area contributed by atoms with Gasteiger partial charge < -0.3 is 9.15 Å². The third-order valence-corrected chi connectivity index (χ3v) is 11.1. The third-order valence-electron chi connectivity index (χ3n) is 6.11. The van der Waals surface area contributed by atoms with Gasteiger partial charge in [-0.25, -0.2) is 16.8 Å². The summed E-state index contributed by atoms with van der Waals surface area (Å²) in [4.78, 5) is 13.6. The van der Waals surface area contributed by atoms with Crippen LogP contribution in [-0.2, 0) is 19.7 Å². The summed E-state index contributed by atoms with van der Waals surface area (Å²) in [6.07, 6.45) is 0. The molecule has 0 N–H and O–H groups in total. The van der Waals surface area contributed by atoms with Gasteiger partial charge in [0, 0.05) is 11.6 Å². The van der Waals surface area contributed by atoms with E-state index in [0.717, 1.165) is 0 Å². The molecular weight excluding hydrogens is 524 g/mol. The number of hydrogen-bond donors (Lipinski definition) is 0. The number of methoxy groups -OCH3 is 1. The Bertz CT molecular complexity index is 1810. The monoisotopic (exact) mass is 546 g/mol. The van der Waals surface area contributed by atoms with Gasteiger partial charge in [-0.3, -0.25) is 4.79 Å². The lowest BCUT2D eigenvalue weighted by Crippen LogP contribution is -2.29. The maximum Gasteiger partial charge on any atom is 0.204 e. The maximum atomic E-state index is 14.1. The minimum Gasteiger partial charge on any atom is -0.497 e. The summed E-state index contributed by atoms with van der Waals surface area (Å²) < 4.78 is 65.7. The zero-order chi connectivity index (χ0) is 26.9. The van der Waals surface area contributed by atoms with Crippen molar-refractivity contribution >= 4 is 30.6 Å². The molecule has 0 aliphatic rings. The summed E-state index contributed by atoms with van der Waals surface area (Å²) in [6, 6.07) is 27.2. The van der Waals surface area contributed by atoms with Crippen LogP contribution in [0.2, 0.25) is 0 Å². The minimum atomic E-state index is -4.67. The van der Waals surface area contributed by atoms with Gasteiger partial charge in [-0.15, -0.1) is 0 Å². The fourth-order valence-corrected chi connectivity index (χ4v) is 8.89. The van der Waals surface area contributed by atoms with Gasteiger partial charge in [-0.1, -0.05) is 66.7 Å². The topological polar surface area (TPSA) is 108 Å². The van der Waals surface area contributed by atoms with E-state index in [-0.39, 0.29) is 26.5 Å². The molecule has 4 aromatic carbocycles. The number of hydrogen-bond acceptors (Lipinski definition) is 7. The Kier molecular flexibility index (Phi) is 6.64. The van der Waals surface area contributed by atoms with Gasteiger partial charge in [-0.05, 0) is 36.4 Å². The molecule has 0 fully saturated rings. The van der Waals surface area contributed by atoms with Gasteiger partial charge in [0.05, 0.1) is 27.9 Å². The number of rotatable bonds is 7. The normalized spacial score (nSPS) is 12.1. The molecule has 38 heavy (non-hydrogen) atoms. The largest absolute Gasteiger partial charge is 0.497 e. The van der Waals surface area contributed by atoms with Crippen LogP contribution in [0.3, 0.4) is 0 Å². The molecule has 7 nitrogen and oxygen atoms in total. The van der Waals surface area contributed by atoms with E-state index in [4.69, 9.17) is 9.15 Å². The molecule has 0 saturated carbocycles. The Balaban J connectivity index is 1.94. The molecule has 0 amide bonds. The lowest BCUT2D eigenvalue weighted by Gasteiger charge is -2.21. The van der Waals surface area contributed by atoms with Crippen molar-refractivity contribution in [3.63, 3.8) is 0 Å². The fraction of sp³-hybridized carbons (Fsp3) is 0.0690. The predicted octanol–water partition coefficient (Wildman–Crippen LogP) is 5.42. The Labute approximate surface area is 219 Å². The highest BCUT2D eigenvalue weighted by Crippen LogP contribution is 2.41. The van der Waals surface area contributed by atoms with Crippen molar-refractivity contribution in [2.75, 3.05) is 7.11 Å². The SMILES string of the molecule is COc1ccc2c(=O)c(C(S(=O)(=O)c3ccccc3)S(=O)(=O)c3ccccc3)c(-c3ccccc3)oc2c1. The average Bonchev–Trinajstić information content (AvgIpc) is 2.95. The van der Waals surface area contributed by atoms with Crippen LogP contribution in [0, 0.1) is 0 Å². The molecule has 5 aromatic rings. The van der Waals surface area contributed by atoms with E-state index in [0.29, 0.717) is 11.3 Å². The molecule has 0 radical (unpaired) electrons. The van der Waals surface area contributed by atoms with Gasteiger partial charge in [0.25, 0.3) is 0 Å². The van der Waals surface area contributed by atoms with Gasteiger partial charge in [-0.2, -0.15) is 0 Å². The average molecular weight is 547 g/mol. The molecule has 0 atom stereocenters. The zero-order valence-electron chi connectivity index (χ0n) is 20.1. The molecule has 1 aromatic heterocycles. The van der Waals surface area contributed by atoms with Crippen molar-refractivity contribution < 1.29 is 26.0 Å². The van der Waals surface area contributed by atoms with Crippen LogP contribution in [0.15, 0.2) is 128 Å². The van der Waals surface area contributed by atoms with E-state index in [9.17, 15) is 21.6 Å². The number of ether oxygens (including phenoxy) is 1. The second-order valence-corrected chi connectivity index (χ2v) is 12.8. The summed E-state index contributed by atoms with van der Waals surface area (Å²) in [7, 11) is -7.88. The van der Waals surface area contributed by atoms with Crippen molar-refractivity contribution in [1.29, 1.82) is 0 Å². The van der Waals surface area contributed by atoms with Gasteiger partial charge in [0.1, 0.15) is 17.1 Å². The molecule has 9 heteroatoms. The Morgan fingerprint density at radius 3 is 1.68 bits per heavy atom. The highest BCUT2D eigenvalue weighted by Gasteiger charge is 2.45. The molecule has 192 valence electrons. The maximum absolute atomic E-state index is 14.1. The second-order valence-electron chi connectivity index (χ2n) is 8.45. The highest BCUT2D eigenvalue weighted by molar-refractivity contribution is 8.08.